The Kier molecular flexibility index (Phi) is 3.64. The number of nitrogens with zero attached hydrogens (tertiary/aromatic N) is 6. The molecule has 0 atom stereocenters. The molecule has 3 aromatic rings. The fourth-order valence-electron chi connectivity index (χ4n) is 1.72. The maximum atomic E-state index is 12.3. The minimum atomic E-state index is -4.46. The van der Waals surface area contributed by atoms with Crippen molar-refractivity contribution >= 4 is 0 Å². The Bertz CT molecular complexity index is 854. The number of hydrogen-bond donors (Lipinski definition) is 0. The monoisotopic (exact) mass is 328 g/mol. The third-order valence-corrected chi connectivity index (χ3v) is 2.61. The van der Waals surface area contributed by atoms with E-state index in [1.807, 2.05) is 0 Å². The van der Waals surface area contributed by atoms with Crippen LogP contribution in [0.3, 0.4) is 0 Å². The van der Waals surface area contributed by atoms with Crippen LogP contribution >= 0.6 is 0 Å². The first kappa shape index (κ1) is 14.9. The first-order valence-corrected chi connectivity index (χ1v) is 6.14. The molecule has 0 spiro atoms. The van der Waals surface area contributed by atoms with Crippen LogP contribution in [0.25, 0.3) is 11.6 Å². The van der Waals surface area contributed by atoms with Gasteiger partial charge < -0.3 is 4.52 Å². The van der Waals surface area contributed by atoms with Crippen molar-refractivity contribution < 1.29 is 22.2 Å². The summed E-state index contributed by atoms with van der Waals surface area (Å²) in [4.78, 5) is 23.1. The van der Waals surface area contributed by atoms with Crippen LogP contribution in [0, 0.1) is 0 Å². The number of halogens is 3. The summed E-state index contributed by atoms with van der Waals surface area (Å²) in [6.07, 6.45) is -2.93. The topological polar surface area (TPSA) is 113 Å². The van der Waals surface area contributed by atoms with E-state index in [2.05, 4.69) is 29.8 Å². The van der Waals surface area contributed by atoms with Gasteiger partial charge in [0, 0.05) is 12.4 Å². The average Bonchev–Trinajstić information content (AvgIpc) is 3.06. The Hall–Kier alpha value is -3.05. The van der Waals surface area contributed by atoms with Crippen molar-refractivity contribution in [2.24, 2.45) is 0 Å². The van der Waals surface area contributed by atoms with Gasteiger partial charge in [-0.25, -0.2) is 19.3 Å². The van der Waals surface area contributed by atoms with Crippen molar-refractivity contribution in [1.82, 2.24) is 29.8 Å². The van der Waals surface area contributed by atoms with Crippen LogP contribution in [-0.2, 0) is 13.0 Å². The fraction of sp³-hybridized carbons (Fsp3) is 0.273. The van der Waals surface area contributed by atoms with E-state index in [4.69, 9.17) is 4.52 Å². The molecule has 0 bridgehead atoms. The summed E-state index contributed by atoms with van der Waals surface area (Å²) >= 11 is 0. The Balaban J connectivity index is 1.87. The van der Waals surface area contributed by atoms with Gasteiger partial charge in [0.2, 0.25) is 11.7 Å². The molecule has 0 aliphatic carbocycles. The molecule has 3 rings (SSSR count). The highest BCUT2D eigenvalue weighted by molar-refractivity contribution is 5.41. The Morgan fingerprint density at radius 2 is 1.87 bits per heavy atom. The molecule has 0 saturated carbocycles. The van der Waals surface area contributed by atoms with Gasteiger partial charge in [-0.1, -0.05) is 10.3 Å². The maximum Gasteiger partial charge on any atom is 0.442 e. The molecule has 0 amide bonds. The van der Waals surface area contributed by atoms with E-state index < -0.39 is 24.2 Å². The van der Waals surface area contributed by atoms with E-state index in [-0.39, 0.29) is 24.1 Å². The third-order valence-electron chi connectivity index (χ3n) is 2.61. The van der Waals surface area contributed by atoms with Crippen molar-refractivity contribution in [3.63, 3.8) is 0 Å². The highest BCUT2D eigenvalue weighted by Crippen LogP contribution is 2.19. The van der Waals surface area contributed by atoms with Gasteiger partial charge in [-0.2, -0.15) is 18.2 Å². The fourth-order valence-corrected chi connectivity index (χ4v) is 1.72. The van der Waals surface area contributed by atoms with Crippen LogP contribution in [0.15, 0.2) is 32.3 Å². The minimum Gasteiger partial charge on any atom is -0.337 e. The van der Waals surface area contributed by atoms with E-state index >= 15 is 0 Å². The average molecular weight is 328 g/mol. The molecule has 0 unspecified atom stereocenters. The molecule has 0 radical (unpaired) electrons. The standard InChI is InChI=1S/C11H7F3N6O3/c12-11(13,14)4-6-17-7(22-18-6)5-20-9(19-23-10(20)21)8-15-2-1-3-16-8/h1-3H,4-5H2. The lowest BCUT2D eigenvalue weighted by atomic mass is 10.4. The van der Waals surface area contributed by atoms with Crippen LogP contribution < -0.4 is 5.76 Å². The Morgan fingerprint density at radius 3 is 2.57 bits per heavy atom. The summed E-state index contributed by atoms with van der Waals surface area (Å²) in [5.74, 6) is -1.50. The Labute approximate surface area is 124 Å². The molecule has 23 heavy (non-hydrogen) atoms. The van der Waals surface area contributed by atoms with E-state index in [1.54, 1.807) is 6.07 Å². The third kappa shape index (κ3) is 3.41. The van der Waals surface area contributed by atoms with Crippen LogP contribution in [0.2, 0.25) is 0 Å². The van der Waals surface area contributed by atoms with Crippen LogP contribution in [0.1, 0.15) is 11.7 Å². The predicted octanol–water partition coefficient (Wildman–Crippen LogP) is 0.829. The zero-order chi connectivity index (χ0) is 16.4. The summed E-state index contributed by atoms with van der Waals surface area (Å²) in [5.41, 5.74) is 0. The highest BCUT2D eigenvalue weighted by Gasteiger charge is 2.30. The maximum absolute atomic E-state index is 12.3. The van der Waals surface area contributed by atoms with Gasteiger partial charge >= 0.3 is 11.9 Å². The van der Waals surface area contributed by atoms with Crippen molar-refractivity contribution in [2.45, 2.75) is 19.1 Å². The van der Waals surface area contributed by atoms with Gasteiger partial charge in [0.1, 0.15) is 13.0 Å². The van der Waals surface area contributed by atoms with Crippen LogP contribution in [0.5, 0.6) is 0 Å². The first-order valence-electron chi connectivity index (χ1n) is 6.14. The number of hydrogen-bond acceptors (Lipinski definition) is 8. The summed E-state index contributed by atoms with van der Waals surface area (Å²) in [6, 6.07) is 1.56. The van der Waals surface area contributed by atoms with Crippen molar-refractivity contribution in [3.05, 3.63) is 40.7 Å². The smallest absolute Gasteiger partial charge is 0.337 e. The van der Waals surface area contributed by atoms with Gasteiger partial charge in [0.05, 0.1) is 0 Å². The first-order chi connectivity index (χ1) is 10.9. The molecule has 0 aliphatic heterocycles. The number of alkyl halides is 3. The van der Waals surface area contributed by atoms with Gasteiger partial charge in [-0.05, 0) is 6.07 Å². The molecular formula is C11H7F3N6O3. The van der Waals surface area contributed by atoms with E-state index in [9.17, 15) is 18.0 Å². The molecule has 0 aliphatic rings. The van der Waals surface area contributed by atoms with Gasteiger partial charge in [-0.3, -0.25) is 4.52 Å². The minimum absolute atomic E-state index is 0.00817. The van der Waals surface area contributed by atoms with E-state index in [1.165, 1.54) is 12.4 Å². The van der Waals surface area contributed by atoms with Gasteiger partial charge in [-0.15, -0.1) is 0 Å². The largest absolute Gasteiger partial charge is 0.442 e. The van der Waals surface area contributed by atoms with Crippen LogP contribution in [0.4, 0.5) is 13.2 Å². The molecule has 9 nitrogen and oxygen atoms in total. The lowest BCUT2D eigenvalue weighted by Gasteiger charge is -2.00. The zero-order valence-electron chi connectivity index (χ0n) is 11.2. The van der Waals surface area contributed by atoms with Gasteiger partial charge in [0.15, 0.2) is 11.6 Å². The molecule has 120 valence electrons. The molecule has 12 heteroatoms. The molecule has 3 heterocycles. The normalized spacial score (nSPS) is 11.8. The SMILES string of the molecule is O=c1onc(-c2ncccn2)n1Cc1nc(CC(F)(F)F)no1. The molecule has 0 aromatic carbocycles. The lowest BCUT2D eigenvalue weighted by molar-refractivity contribution is -0.128. The predicted molar refractivity (Wildman–Crippen MR) is 64.9 cm³/mol. The van der Waals surface area contributed by atoms with Crippen molar-refractivity contribution in [2.75, 3.05) is 0 Å². The molecule has 3 aromatic heterocycles. The second-order valence-electron chi connectivity index (χ2n) is 4.33. The Morgan fingerprint density at radius 1 is 1.13 bits per heavy atom. The summed E-state index contributed by atoms with van der Waals surface area (Å²) < 4.78 is 47.0. The zero-order valence-corrected chi connectivity index (χ0v) is 11.2. The van der Waals surface area contributed by atoms with Crippen molar-refractivity contribution in [1.29, 1.82) is 0 Å². The second kappa shape index (κ2) is 5.62. The van der Waals surface area contributed by atoms with E-state index in [0.717, 1.165) is 4.57 Å². The summed E-state index contributed by atoms with van der Waals surface area (Å²) in [6.45, 7) is -0.319. The highest BCUT2D eigenvalue weighted by atomic mass is 19.4. The summed E-state index contributed by atoms with van der Waals surface area (Å²) in [7, 11) is 0. The van der Waals surface area contributed by atoms with Crippen molar-refractivity contribution in [3.8, 4) is 11.6 Å². The number of aromatic nitrogens is 6. The van der Waals surface area contributed by atoms with E-state index in [0.29, 0.717) is 0 Å². The molecule has 0 fully saturated rings. The summed E-state index contributed by atoms with van der Waals surface area (Å²) in [5, 5.41) is 6.74. The van der Waals surface area contributed by atoms with Crippen LogP contribution in [-0.4, -0.2) is 36.0 Å². The lowest BCUT2D eigenvalue weighted by Crippen LogP contribution is -2.17. The molecule has 0 N–H and O–H groups in total. The molecular weight excluding hydrogens is 321 g/mol. The second-order valence-corrected chi connectivity index (χ2v) is 4.33. The quantitative estimate of drug-likeness (QED) is 0.692. The number of rotatable bonds is 4. The molecule has 0 saturated heterocycles. The van der Waals surface area contributed by atoms with Gasteiger partial charge in [0.25, 0.3) is 0 Å².